The van der Waals surface area contributed by atoms with Gasteiger partial charge in [0, 0.05) is 49.3 Å². The van der Waals surface area contributed by atoms with Crippen LogP contribution in [0.4, 0.5) is 18.0 Å². The molecular weight excluding hydrogens is 505 g/mol. The molecule has 6 nitrogen and oxygen atoms in total. The van der Waals surface area contributed by atoms with Crippen molar-refractivity contribution < 1.29 is 23.1 Å². The fourth-order valence-corrected chi connectivity index (χ4v) is 5.51. The number of aromatic nitrogens is 2. The number of H-pyrrole nitrogens is 1. The van der Waals surface area contributed by atoms with Gasteiger partial charge in [-0.05, 0) is 49.1 Å². The van der Waals surface area contributed by atoms with Crippen molar-refractivity contribution in [1.29, 1.82) is 0 Å². The third-order valence-corrected chi connectivity index (χ3v) is 7.68. The van der Waals surface area contributed by atoms with Crippen LogP contribution >= 0.6 is 11.6 Å². The number of halogens is 4. The minimum atomic E-state index is -4.40. The number of nitrogens with zero attached hydrogens (tertiary/aromatic N) is 3. The normalized spacial score (nSPS) is 21.3. The molecule has 5 rings (SSSR count). The van der Waals surface area contributed by atoms with E-state index in [9.17, 15) is 23.1 Å². The summed E-state index contributed by atoms with van der Waals surface area (Å²) in [6.07, 6.45) is -3.08. The van der Waals surface area contributed by atoms with E-state index >= 15 is 0 Å². The van der Waals surface area contributed by atoms with Crippen LogP contribution in [0.3, 0.4) is 0 Å². The molecule has 0 radical (unpaired) electrons. The minimum Gasteiger partial charge on any atom is -0.393 e. The van der Waals surface area contributed by atoms with E-state index in [0.29, 0.717) is 56.2 Å². The SMILES string of the molecule is O=C(N1CCC(O)CC1)N1CC(c2ccc(C(F)(F)F)cc2)CC(c2cc(-c3ccccc3Cl)n[nH]2)C1. The van der Waals surface area contributed by atoms with E-state index in [-0.39, 0.29) is 17.9 Å². The van der Waals surface area contributed by atoms with E-state index in [2.05, 4.69) is 10.2 Å². The van der Waals surface area contributed by atoms with Gasteiger partial charge in [-0.1, -0.05) is 41.9 Å². The van der Waals surface area contributed by atoms with Crippen molar-refractivity contribution in [2.24, 2.45) is 0 Å². The van der Waals surface area contributed by atoms with E-state index in [1.807, 2.05) is 24.3 Å². The third-order valence-electron chi connectivity index (χ3n) is 7.35. The molecule has 2 fully saturated rings. The summed E-state index contributed by atoms with van der Waals surface area (Å²) in [6, 6.07) is 14.4. The smallest absolute Gasteiger partial charge is 0.393 e. The van der Waals surface area contributed by atoms with E-state index in [1.54, 1.807) is 15.9 Å². The molecule has 2 aromatic carbocycles. The number of piperidine rings is 2. The summed E-state index contributed by atoms with van der Waals surface area (Å²) in [4.78, 5) is 17.0. The number of aliphatic hydroxyl groups is 1. The van der Waals surface area contributed by atoms with Gasteiger partial charge < -0.3 is 14.9 Å². The van der Waals surface area contributed by atoms with Gasteiger partial charge in [-0.3, -0.25) is 5.10 Å². The van der Waals surface area contributed by atoms with Crippen molar-refractivity contribution in [1.82, 2.24) is 20.0 Å². The summed E-state index contributed by atoms with van der Waals surface area (Å²) in [5, 5.41) is 18.0. The summed E-state index contributed by atoms with van der Waals surface area (Å²) in [5.74, 6) is -0.239. The molecule has 2 amide bonds. The first-order chi connectivity index (χ1) is 17.7. The van der Waals surface area contributed by atoms with Gasteiger partial charge in [0.2, 0.25) is 0 Å². The number of urea groups is 1. The van der Waals surface area contributed by atoms with Crippen molar-refractivity contribution >= 4 is 17.6 Å². The highest BCUT2D eigenvalue weighted by Crippen LogP contribution is 2.38. The topological polar surface area (TPSA) is 72.5 Å². The van der Waals surface area contributed by atoms with E-state index in [0.717, 1.165) is 29.0 Å². The molecule has 2 aliphatic rings. The third kappa shape index (κ3) is 5.62. The van der Waals surface area contributed by atoms with Crippen molar-refractivity contribution in [2.45, 2.75) is 43.4 Å². The predicted octanol–water partition coefficient (Wildman–Crippen LogP) is 5.90. The molecule has 3 aromatic rings. The highest BCUT2D eigenvalue weighted by Gasteiger charge is 2.36. The number of rotatable bonds is 3. The van der Waals surface area contributed by atoms with Gasteiger partial charge in [0.05, 0.1) is 22.4 Å². The van der Waals surface area contributed by atoms with Crippen molar-refractivity contribution in [3.05, 3.63) is 76.4 Å². The molecular formula is C27H28ClF3N4O2. The van der Waals surface area contributed by atoms with Gasteiger partial charge in [0.15, 0.2) is 0 Å². The highest BCUT2D eigenvalue weighted by molar-refractivity contribution is 6.33. The minimum absolute atomic E-state index is 0.0934. The summed E-state index contributed by atoms with van der Waals surface area (Å²) < 4.78 is 39.4. The Morgan fingerprint density at radius 1 is 1.00 bits per heavy atom. The Morgan fingerprint density at radius 2 is 1.68 bits per heavy atom. The number of carbonyl (C=O) groups is 1. The molecule has 10 heteroatoms. The van der Waals surface area contributed by atoms with Crippen molar-refractivity contribution in [3.63, 3.8) is 0 Å². The van der Waals surface area contributed by atoms with Crippen LogP contribution in [0.1, 0.15) is 47.9 Å². The molecule has 37 heavy (non-hydrogen) atoms. The molecule has 0 spiro atoms. The lowest BCUT2D eigenvalue weighted by Crippen LogP contribution is -2.51. The molecule has 2 unspecified atom stereocenters. The number of aliphatic hydroxyl groups excluding tert-OH is 1. The van der Waals surface area contributed by atoms with Crippen LogP contribution in [-0.4, -0.2) is 63.4 Å². The number of hydrogen-bond acceptors (Lipinski definition) is 3. The van der Waals surface area contributed by atoms with Crippen LogP contribution in [0.15, 0.2) is 54.6 Å². The summed E-state index contributed by atoms with van der Waals surface area (Å²) in [6.45, 7) is 1.82. The van der Waals surface area contributed by atoms with Gasteiger partial charge in [0.1, 0.15) is 0 Å². The molecule has 2 atom stereocenters. The second kappa shape index (κ2) is 10.4. The van der Waals surface area contributed by atoms with Crippen LogP contribution in [0, 0.1) is 0 Å². The number of hydrogen-bond donors (Lipinski definition) is 2. The van der Waals surface area contributed by atoms with Crippen LogP contribution in [0.25, 0.3) is 11.3 Å². The quantitative estimate of drug-likeness (QED) is 0.441. The Hall–Kier alpha value is -3.04. The molecule has 196 valence electrons. The summed E-state index contributed by atoms with van der Waals surface area (Å²) in [7, 11) is 0. The van der Waals surface area contributed by atoms with Gasteiger partial charge in [-0.15, -0.1) is 0 Å². The zero-order chi connectivity index (χ0) is 26.2. The second-order valence-electron chi connectivity index (χ2n) is 9.84. The highest BCUT2D eigenvalue weighted by atomic mass is 35.5. The van der Waals surface area contributed by atoms with Crippen LogP contribution < -0.4 is 0 Å². The second-order valence-corrected chi connectivity index (χ2v) is 10.3. The van der Waals surface area contributed by atoms with Gasteiger partial charge in [-0.25, -0.2) is 4.79 Å². The molecule has 2 N–H and O–H groups in total. The fourth-order valence-electron chi connectivity index (χ4n) is 5.28. The molecule has 2 saturated heterocycles. The van der Waals surface area contributed by atoms with Crippen LogP contribution in [0.5, 0.6) is 0 Å². The number of nitrogens with one attached hydrogen (secondary N) is 1. The Labute approximate surface area is 218 Å². The maximum atomic E-state index is 13.4. The van der Waals surface area contributed by atoms with E-state index in [4.69, 9.17) is 11.6 Å². The maximum Gasteiger partial charge on any atom is 0.416 e. The molecule has 2 aliphatic heterocycles. The lowest BCUT2D eigenvalue weighted by molar-refractivity contribution is -0.137. The van der Waals surface area contributed by atoms with Crippen molar-refractivity contribution in [3.8, 4) is 11.3 Å². The first-order valence-corrected chi connectivity index (χ1v) is 12.8. The molecule has 0 saturated carbocycles. The lowest BCUT2D eigenvalue weighted by Gasteiger charge is -2.41. The Bertz CT molecular complexity index is 1240. The molecule has 1 aromatic heterocycles. The standard InChI is InChI=1S/C27H28ClF3N4O2/c28-23-4-2-1-3-22(23)25-14-24(32-33-25)19-13-18(17-5-7-20(8-6-17)27(29,30)31)15-35(16-19)26(37)34-11-9-21(36)10-12-34/h1-8,14,18-19,21,36H,9-13,15-16H2,(H,32,33). The Balaban J connectivity index is 1.42. The monoisotopic (exact) mass is 532 g/mol. The fraction of sp³-hybridized carbons (Fsp3) is 0.407. The maximum absolute atomic E-state index is 13.4. The van der Waals surface area contributed by atoms with Gasteiger partial charge in [-0.2, -0.15) is 18.3 Å². The Kier molecular flexibility index (Phi) is 7.18. The molecule has 0 bridgehead atoms. The van der Waals surface area contributed by atoms with Crippen molar-refractivity contribution in [2.75, 3.05) is 26.2 Å². The van der Waals surface area contributed by atoms with E-state index < -0.39 is 17.8 Å². The predicted molar refractivity (Wildman–Crippen MR) is 134 cm³/mol. The Morgan fingerprint density at radius 3 is 2.35 bits per heavy atom. The summed E-state index contributed by atoms with van der Waals surface area (Å²) >= 11 is 6.35. The van der Waals surface area contributed by atoms with Gasteiger partial charge >= 0.3 is 12.2 Å². The number of likely N-dealkylation sites (tertiary alicyclic amines) is 2. The number of carbonyl (C=O) groups excluding carboxylic acids is 1. The largest absolute Gasteiger partial charge is 0.416 e. The van der Waals surface area contributed by atoms with Crippen LogP contribution in [-0.2, 0) is 6.18 Å². The number of aromatic amines is 1. The average Bonchev–Trinajstić information content (AvgIpc) is 3.38. The number of alkyl halides is 3. The number of amides is 2. The first-order valence-electron chi connectivity index (χ1n) is 12.4. The van der Waals surface area contributed by atoms with E-state index in [1.165, 1.54) is 12.1 Å². The molecule has 3 heterocycles. The zero-order valence-corrected chi connectivity index (χ0v) is 20.8. The molecule has 0 aliphatic carbocycles. The summed E-state index contributed by atoms with van der Waals surface area (Å²) in [5.41, 5.74) is 2.40. The lowest BCUT2D eigenvalue weighted by atomic mass is 9.82. The first kappa shape index (κ1) is 25.6. The van der Waals surface area contributed by atoms with Gasteiger partial charge in [0.25, 0.3) is 0 Å². The average molecular weight is 533 g/mol. The number of benzene rings is 2. The zero-order valence-electron chi connectivity index (χ0n) is 20.1. The van der Waals surface area contributed by atoms with Crippen LogP contribution in [0.2, 0.25) is 5.02 Å².